The number of nitrogens with one attached hydrogen (secondary N) is 1. The van der Waals surface area contributed by atoms with E-state index in [1.807, 2.05) is 12.1 Å². The number of nitrogens with zero attached hydrogens (tertiary/aromatic N) is 2. The van der Waals surface area contributed by atoms with Gasteiger partial charge in [0.25, 0.3) is 0 Å². The predicted octanol–water partition coefficient (Wildman–Crippen LogP) is 6.92. The summed E-state index contributed by atoms with van der Waals surface area (Å²) in [7, 11) is 1.54. The molecule has 3 amide bonds. The van der Waals surface area contributed by atoms with Gasteiger partial charge in [-0.15, -0.1) is 0 Å². The number of hydrogen-bond donors (Lipinski definition) is 1. The molecule has 1 aliphatic heterocycles. The molecule has 3 aromatic carbocycles. The van der Waals surface area contributed by atoms with Gasteiger partial charge in [0.2, 0.25) is 0 Å². The molecule has 0 unspecified atom stereocenters. The van der Waals surface area contributed by atoms with E-state index in [0.29, 0.717) is 35.7 Å². The van der Waals surface area contributed by atoms with E-state index in [9.17, 15) is 18.8 Å². The maximum atomic E-state index is 13.6. The summed E-state index contributed by atoms with van der Waals surface area (Å²) in [4.78, 5) is 41.7. The summed E-state index contributed by atoms with van der Waals surface area (Å²) in [5.74, 6) is -1.17. The Morgan fingerprint density at radius 2 is 1.88 bits per heavy atom. The molecule has 41 heavy (non-hydrogen) atoms. The summed E-state index contributed by atoms with van der Waals surface area (Å²) in [5, 5.41) is 2.69. The van der Waals surface area contributed by atoms with Gasteiger partial charge in [0.1, 0.15) is 22.9 Å². The van der Waals surface area contributed by atoms with E-state index in [0.717, 1.165) is 15.6 Å². The second-order valence-electron chi connectivity index (χ2n) is 10.6. The van der Waals surface area contributed by atoms with E-state index in [2.05, 4.69) is 21.2 Å². The number of anilines is 1. The molecule has 1 heterocycles. The highest BCUT2D eigenvalue weighted by Crippen LogP contribution is 2.32. The second-order valence-corrected chi connectivity index (χ2v) is 12.0. The predicted molar refractivity (Wildman–Crippen MR) is 158 cm³/mol. The number of amides is 3. The van der Waals surface area contributed by atoms with Crippen LogP contribution < -0.4 is 10.1 Å². The van der Waals surface area contributed by atoms with Crippen molar-refractivity contribution >= 4 is 51.1 Å². The number of carbonyl (C=O) groups excluding carboxylic acids is 3. The first-order valence-corrected chi connectivity index (χ1v) is 14.0. The van der Waals surface area contributed by atoms with Crippen LogP contribution >= 0.6 is 27.5 Å². The maximum Gasteiger partial charge on any atom is 0.412 e. The van der Waals surface area contributed by atoms with Crippen LogP contribution in [0.2, 0.25) is 5.02 Å². The van der Waals surface area contributed by atoms with Crippen molar-refractivity contribution in [3.63, 3.8) is 0 Å². The minimum Gasteiger partial charge on any atom is -0.457 e. The average Bonchev–Trinajstić information content (AvgIpc) is 2.90. The van der Waals surface area contributed by atoms with Crippen LogP contribution in [0.15, 0.2) is 59.1 Å². The number of halogens is 3. The van der Waals surface area contributed by atoms with Gasteiger partial charge in [0.15, 0.2) is 0 Å². The molecule has 3 aromatic rings. The topological polar surface area (TPSA) is 88.2 Å². The van der Waals surface area contributed by atoms with Crippen LogP contribution in [0.3, 0.4) is 0 Å². The smallest absolute Gasteiger partial charge is 0.412 e. The molecular formula is C30H30BrClFN3O5. The Balaban J connectivity index is 1.46. The SMILES string of the molecule is CN(Cc1ccc(Br)cc1Oc1ccc(F)c(Cl)c1)C(=O)C(=O)N1CCc2cccc(NC(=O)OC(C)(C)C)c2C1. The Labute approximate surface area is 251 Å². The molecule has 216 valence electrons. The lowest BCUT2D eigenvalue weighted by Crippen LogP contribution is -2.45. The number of hydrogen-bond acceptors (Lipinski definition) is 5. The number of carbonyl (C=O) groups is 3. The number of ether oxygens (including phenoxy) is 2. The monoisotopic (exact) mass is 645 g/mol. The summed E-state index contributed by atoms with van der Waals surface area (Å²) in [6.45, 7) is 5.93. The molecule has 0 saturated carbocycles. The minimum absolute atomic E-state index is 0.0792. The summed E-state index contributed by atoms with van der Waals surface area (Å²) >= 11 is 9.30. The lowest BCUT2D eigenvalue weighted by Gasteiger charge is -2.31. The van der Waals surface area contributed by atoms with Gasteiger partial charge in [0.05, 0.1) is 5.02 Å². The van der Waals surface area contributed by atoms with Crippen LogP contribution in [0.4, 0.5) is 14.9 Å². The van der Waals surface area contributed by atoms with Crippen LogP contribution in [0.5, 0.6) is 11.5 Å². The van der Waals surface area contributed by atoms with Gasteiger partial charge in [-0.2, -0.15) is 0 Å². The minimum atomic E-state index is -0.690. The Bertz CT molecular complexity index is 1490. The molecule has 0 spiro atoms. The molecule has 4 rings (SSSR count). The summed E-state index contributed by atoms with van der Waals surface area (Å²) in [6, 6.07) is 14.8. The third kappa shape index (κ3) is 7.77. The molecule has 0 fully saturated rings. The van der Waals surface area contributed by atoms with E-state index in [1.165, 1.54) is 35.0 Å². The molecular weight excluding hydrogens is 617 g/mol. The van der Waals surface area contributed by atoms with Crippen LogP contribution in [-0.2, 0) is 33.8 Å². The van der Waals surface area contributed by atoms with E-state index in [1.54, 1.807) is 45.0 Å². The number of fused-ring (bicyclic) bond motifs is 1. The first-order valence-electron chi connectivity index (χ1n) is 12.9. The summed E-state index contributed by atoms with van der Waals surface area (Å²) in [5.41, 5.74) is 2.25. The second kappa shape index (κ2) is 12.5. The molecule has 0 atom stereocenters. The Kier molecular flexibility index (Phi) is 9.24. The molecule has 0 saturated heterocycles. The molecule has 11 heteroatoms. The largest absolute Gasteiger partial charge is 0.457 e. The van der Waals surface area contributed by atoms with E-state index < -0.39 is 29.3 Å². The fourth-order valence-corrected chi connectivity index (χ4v) is 4.84. The molecule has 0 aliphatic carbocycles. The first-order chi connectivity index (χ1) is 19.3. The van der Waals surface area contributed by atoms with Crippen molar-refractivity contribution in [2.24, 2.45) is 0 Å². The van der Waals surface area contributed by atoms with Gasteiger partial charge in [0, 0.05) is 48.5 Å². The lowest BCUT2D eigenvalue weighted by atomic mass is 9.97. The van der Waals surface area contributed by atoms with Crippen LogP contribution in [-0.4, -0.2) is 46.9 Å². The van der Waals surface area contributed by atoms with Gasteiger partial charge >= 0.3 is 17.9 Å². The standard InChI is InChI=1S/C30H30BrClFN3O5/c1-30(2,3)41-29(39)34-25-7-5-6-18-12-13-36(17-22(18)25)28(38)27(37)35(4)16-19-8-9-20(31)14-26(19)40-21-10-11-24(33)23(32)15-21/h5-11,14-15H,12-13,16-17H2,1-4H3,(H,34,39). The van der Waals surface area contributed by atoms with Crippen LogP contribution in [0, 0.1) is 5.82 Å². The number of benzene rings is 3. The maximum absolute atomic E-state index is 13.6. The third-order valence-electron chi connectivity index (χ3n) is 6.28. The summed E-state index contributed by atoms with van der Waals surface area (Å²) < 4.78 is 25.6. The van der Waals surface area contributed by atoms with Crippen molar-refractivity contribution in [1.29, 1.82) is 0 Å². The zero-order valence-corrected chi connectivity index (χ0v) is 25.4. The van der Waals surface area contributed by atoms with E-state index in [-0.39, 0.29) is 18.1 Å². The molecule has 8 nitrogen and oxygen atoms in total. The van der Waals surface area contributed by atoms with Crippen molar-refractivity contribution in [3.05, 3.63) is 86.6 Å². The molecule has 0 radical (unpaired) electrons. The van der Waals surface area contributed by atoms with Gasteiger partial charge in [-0.3, -0.25) is 14.9 Å². The van der Waals surface area contributed by atoms with E-state index >= 15 is 0 Å². The van der Waals surface area contributed by atoms with Gasteiger partial charge in [-0.05, 0) is 68.7 Å². The molecule has 1 N–H and O–H groups in total. The zero-order valence-electron chi connectivity index (χ0n) is 23.1. The number of likely N-dealkylation sites (N-methyl/N-ethyl adjacent to an activating group) is 1. The van der Waals surface area contributed by atoms with Crippen molar-refractivity contribution in [3.8, 4) is 11.5 Å². The number of rotatable bonds is 5. The Morgan fingerprint density at radius 1 is 1.12 bits per heavy atom. The van der Waals surface area contributed by atoms with Crippen molar-refractivity contribution in [1.82, 2.24) is 9.80 Å². The zero-order chi connectivity index (χ0) is 29.9. The fourth-order valence-electron chi connectivity index (χ4n) is 4.33. The van der Waals surface area contributed by atoms with Crippen molar-refractivity contribution < 1.29 is 28.2 Å². The normalized spacial score (nSPS) is 12.8. The molecule has 1 aliphatic rings. The Hall–Kier alpha value is -3.63. The Morgan fingerprint density at radius 3 is 2.59 bits per heavy atom. The van der Waals surface area contributed by atoms with Crippen LogP contribution in [0.25, 0.3) is 0 Å². The van der Waals surface area contributed by atoms with E-state index in [4.69, 9.17) is 21.1 Å². The van der Waals surface area contributed by atoms with Gasteiger partial charge in [-0.1, -0.05) is 45.7 Å². The summed E-state index contributed by atoms with van der Waals surface area (Å²) in [6.07, 6.45) is -0.0621. The highest BCUT2D eigenvalue weighted by Gasteiger charge is 2.30. The first kappa shape index (κ1) is 30.3. The van der Waals surface area contributed by atoms with Crippen molar-refractivity contribution in [2.45, 2.75) is 45.9 Å². The average molecular weight is 647 g/mol. The third-order valence-corrected chi connectivity index (χ3v) is 7.06. The lowest BCUT2D eigenvalue weighted by molar-refractivity contribution is -0.151. The van der Waals surface area contributed by atoms with Gasteiger partial charge < -0.3 is 19.3 Å². The molecule has 0 bridgehead atoms. The van der Waals surface area contributed by atoms with Crippen LogP contribution in [0.1, 0.15) is 37.5 Å². The van der Waals surface area contributed by atoms with Crippen molar-refractivity contribution in [2.75, 3.05) is 18.9 Å². The highest BCUT2D eigenvalue weighted by atomic mass is 79.9. The fraction of sp³-hybridized carbons (Fsp3) is 0.300. The molecule has 0 aromatic heterocycles. The quantitative estimate of drug-likeness (QED) is 0.304. The highest BCUT2D eigenvalue weighted by molar-refractivity contribution is 9.10. The van der Waals surface area contributed by atoms with Gasteiger partial charge in [-0.25, -0.2) is 9.18 Å².